The summed E-state index contributed by atoms with van der Waals surface area (Å²) in [6, 6.07) is -0.785. The minimum absolute atomic E-state index is 0.000925. The number of carbonyl (C=O) groups excluding carboxylic acids is 4. The molecule has 0 aromatic carbocycles. The number of carbonyl (C=O) groups is 4. The lowest BCUT2D eigenvalue weighted by molar-refractivity contribution is -0.121. The SMILES string of the molecule is CC1=C(N)C(=O)c2c(COC(N)=O)c3n(c2C1=O)CC(NC(=O)CC[Si](C)(C)C)C3N=[N+]=[N-]. The van der Waals surface area contributed by atoms with Crippen LogP contribution in [0.3, 0.4) is 0 Å². The van der Waals surface area contributed by atoms with Crippen LogP contribution in [0, 0.1) is 0 Å². The van der Waals surface area contributed by atoms with Crippen LogP contribution in [0.2, 0.25) is 25.7 Å². The third-order valence-corrected chi connectivity index (χ3v) is 7.61. The molecule has 176 valence electrons. The molecule has 2 amide bonds. The first-order valence-electron chi connectivity index (χ1n) is 10.4. The van der Waals surface area contributed by atoms with E-state index >= 15 is 0 Å². The third-order valence-electron chi connectivity index (χ3n) is 5.86. The fourth-order valence-electron chi connectivity index (χ4n) is 4.16. The number of amides is 2. The topological polar surface area (TPSA) is 195 Å². The summed E-state index contributed by atoms with van der Waals surface area (Å²) >= 11 is 0. The van der Waals surface area contributed by atoms with Gasteiger partial charge < -0.3 is 26.1 Å². The molecular formula is C20H27N7O5Si. The van der Waals surface area contributed by atoms with Crippen molar-refractivity contribution in [1.29, 1.82) is 0 Å². The number of allylic oxidation sites excluding steroid dienone is 2. The van der Waals surface area contributed by atoms with Crippen LogP contribution in [0.1, 0.15) is 51.5 Å². The summed E-state index contributed by atoms with van der Waals surface area (Å²) in [6.45, 7) is 7.61. The maximum atomic E-state index is 13.1. The second kappa shape index (κ2) is 8.75. The number of nitrogens with two attached hydrogens (primary N) is 2. The van der Waals surface area contributed by atoms with Gasteiger partial charge in [-0.3, -0.25) is 14.4 Å². The maximum absolute atomic E-state index is 13.1. The van der Waals surface area contributed by atoms with Gasteiger partial charge in [0.05, 0.1) is 17.3 Å². The van der Waals surface area contributed by atoms with Gasteiger partial charge in [-0.1, -0.05) is 24.8 Å². The summed E-state index contributed by atoms with van der Waals surface area (Å²) in [6.07, 6.45) is -0.747. The lowest BCUT2D eigenvalue weighted by atomic mass is 9.89. The van der Waals surface area contributed by atoms with E-state index in [2.05, 4.69) is 35.0 Å². The van der Waals surface area contributed by atoms with Crippen LogP contribution in [0.15, 0.2) is 16.4 Å². The Labute approximate surface area is 190 Å². The van der Waals surface area contributed by atoms with Crippen LogP contribution in [-0.2, 0) is 22.7 Å². The highest BCUT2D eigenvalue weighted by molar-refractivity contribution is 6.76. The van der Waals surface area contributed by atoms with E-state index in [0.29, 0.717) is 12.1 Å². The Morgan fingerprint density at radius 2 is 1.97 bits per heavy atom. The Kier molecular flexibility index (Phi) is 6.39. The van der Waals surface area contributed by atoms with Crippen molar-refractivity contribution in [2.45, 2.75) is 64.3 Å². The number of primary amides is 1. The molecule has 0 fully saturated rings. The van der Waals surface area contributed by atoms with Gasteiger partial charge in [-0.2, -0.15) is 0 Å². The van der Waals surface area contributed by atoms with Crippen molar-refractivity contribution in [2.75, 3.05) is 0 Å². The Morgan fingerprint density at radius 3 is 2.55 bits per heavy atom. The van der Waals surface area contributed by atoms with Gasteiger partial charge in [0.25, 0.3) is 0 Å². The number of aromatic nitrogens is 1. The van der Waals surface area contributed by atoms with Crippen molar-refractivity contribution in [3.05, 3.63) is 44.2 Å². The number of rotatable bonds is 7. The molecule has 2 atom stereocenters. The highest BCUT2D eigenvalue weighted by Crippen LogP contribution is 2.41. The van der Waals surface area contributed by atoms with Gasteiger partial charge in [0, 0.05) is 42.8 Å². The number of nitrogens with zero attached hydrogens (tertiary/aromatic N) is 4. The molecule has 5 N–H and O–H groups in total. The fraction of sp³-hybridized carbons (Fsp3) is 0.500. The first kappa shape index (κ1) is 24.1. The summed E-state index contributed by atoms with van der Waals surface area (Å²) in [4.78, 5) is 52.8. The largest absolute Gasteiger partial charge is 0.445 e. The molecule has 1 aromatic rings. The number of ketones is 2. The molecule has 1 aliphatic carbocycles. The Balaban J connectivity index is 2.06. The molecule has 0 spiro atoms. The molecule has 1 aliphatic heterocycles. The number of fused-ring (bicyclic) bond motifs is 3. The summed E-state index contributed by atoms with van der Waals surface area (Å²) in [5.41, 5.74) is 20.6. The number of azide groups is 1. The van der Waals surface area contributed by atoms with Gasteiger partial charge in [-0.15, -0.1) is 0 Å². The molecule has 3 rings (SSSR count). The molecule has 33 heavy (non-hydrogen) atoms. The zero-order valence-electron chi connectivity index (χ0n) is 19.0. The van der Waals surface area contributed by atoms with E-state index in [1.807, 2.05) is 0 Å². The predicted molar refractivity (Wildman–Crippen MR) is 121 cm³/mol. The number of hydrogen-bond donors (Lipinski definition) is 3. The maximum Gasteiger partial charge on any atom is 0.404 e. The first-order chi connectivity index (χ1) is 15.4. The van der Waals surface area contributed by atoms with E-state index in [9.17, 15) is 24.7 Å². The zero-order valence-corrected chi connectivity index (χ0v) is 20.0. The lowest BCUT2D eigenvalue weighted by Crippen LogP contribution is -2.39. The van der Waals surface area contributed by atoms with Gasteiger partial charge >= 0.3 is 6.09 Å². The Hall–Kier alpha value is -3.57. The van der Waals surface area contributed by atoms with E-state index in [0.717, 1.165) is 6.04 Å². The number of ether oxygens (including phenoxy) is 1. The molecule has 0 bridgehead atoms. The van der Waals surface area contributed by atoms with Gasteiger partial charge in [0.1, 0.15) is 18.3 Å². The van der Waals surface area contributed by atoms with Crippen LogP contribution in [0.5, 0.6) is 0 Å². The summed E-state index contributed by atoms with van der Waals surface area (Å²) in [5, 5.41) is 6.74. The second-order valence-corrected chi connectivity index (χ2v) is 15.0. The average Bonchev–Trinajstić information content (AvgIpc) is 3.22. The monoisotopic (exact) mass is 473 g/mol. The van der Waals surface area contributed by atoms with Gasteiger partial charge in [-0.25, -0.2) is 4.79 Å². The summed E-state index contributed by atoms with van der Waals surface area (Å²) in [7, 11) is -1.45. The zero-order chi connectivity index (χ0) is 24.7. The van der Waals surface area contributed by atoms with Gasteiger partial charge in [0.2, 0.25) is 17.5 Å². The molecule has 2 aliphatic rings. The van der Waals surface area contributed by atoms with E-state index in [4.69, 9.17) is 16.2 Å². The average molecular weight is 474 g/mol. The summed E-state index contributed by atoms with van der Waals surface area (Å²) in [5.74, 6) is -1.24. The first-order valence-corrected chi connectivity index (χ1v) is 14.1. The Morgan fingerprint density at radius 1 is 1.30 bits per heavy atom. The Bertz CT molecular complexity index is 1140. The van der Waals surface area contributed by atoms with Crippen LogP contribution in [0.4, 0.5) is 4.79 Å². The molecule has 0 saturated carbocycles. The quantitative estimate of drug-likeness (QED) is 0.235. The molecule has 2 unspecified atom stereocenters. The number of Topliss-reactive ketones (excluding diaryl/α,β-unsaturated/α-hetero) is 2. The number of hydrogen-bond acceptors (Lipinski definition) is 7. The van der Waals surface area contributed by atoms with E-state index in [1.165, 1.54) is 6.92 Å². The van der Waals surface area contributed by atoms with Crippen molar-refractivity contribution in [3.63, 3.8) is 0 Å². The standard InChI is InChI=1S/C20H27N7O5Si/c1-9-14(21)19(30)13-10(8-32-20(22)31)16-15(25-26-23)11(7-27(16)17(13)18(9)29)24-12(28)5-6-33(2,3)4/h11,15H,5-8,21H2,1-4H3,(H2,22,31)(H,24,28). The number of nitrogens with one attached hydrogen (secondary N) is 1. The normalized spacial score (nSPS) is 19.6. The van der Waals surface area contributed by atoms with Crippen LogP contribution < -0.4 is 16.8 Å². The minimum atomic E-state index is -1.45. The van der Waals surface area contributed by atoms with E-state index in [-0.39, 0.29) is 40.5 Å². The molecule has 13 heteroatoms. The highest BCUT2D eigenvalue weighted by atomic mass is 28.3. The van der Waals surface area contributed by atoms with Gasteiger partial charge in [0.15, 0.2) is 0 Å². The molecule has 12 nitrogen and oxygen atoms in total. The van der Waals surface area contributed by atoms with Crippen molar-refractivity contribution in [1.82, 2.24) is 9.88 Å². The lowest BCUT2D eigenvalue weighted by Gasteiger charge is -2.21. The molecule has 0 saturated heterocycles. The molecule has 1 aromatic heterocycles. The van der Waals surface area contributed by atoms with Crippen LogP contribution in [0.25, 0.3) is 10.4 Å². The van der Waals surface area contributed by atoms with Crippen molar-refractivity contribution >= 4 is 31.6 Å². The van der Waals surface area contributed by atoms with Crippen LogP contribution in [-0.4, -0.2) is 42.2 Å². The smallest absolute Gasteiger partial charge is 0.404 e. The predicted octanol–water partition coefficient (Wildman–Crippen LogP) is 2.27. The molecule has 2 heterocycles. The van der Waals surface area contributed by atoms with E-state index < -0.39 is 44.4 Å². The third kappa shape index (κ3) is 4.50. The van der Waals surface area contributed by atoms with Crippen molar-refractivity contribution in [3.8, 4) is 0 Å². The molecule has 0 radical (unpaired) electrons. The second-order valence-electron chi connectivity index (χ2n) is 9.39. The summed E-state index contributed by atoms with van der Waals surface area (Å²) < 4.78 is 6.48. The minimum Gasteiger partial charge on any atom is -0.445 e. The van der Waals surface area contributed by atoms with Crippen LogP contribution >= 0.6 is 0 Å². The van der Waals surface area contributed by atoms with Gasteiger partial charge in [-0.05, 0) is 18.5 Å². The van der Waals surface area contributed by atoms with Crippen molar-refractivity contribution in [2.24, 2.45) is 16.6 Å². The highest BCUT2D eigenvalue weighted by Gasteiger charge is 2.45. The molecular weight excluding hydrogens is 446 g/mol. The van der Waals surface area contributed by atoms with E-state index in [1.54, 1.807) is 4.57 Å². The van der Waals surface area contributed by atoms with Crippen molar-refractivity contribution < 1.29 is 23.9 Å². The fourth-order valence-corrected chi connectivity index (χ4v) is 5.14.